The van der Waals surface area contributed by atoms with Gasteiger partial charge in [0.15, 0.2) is 5.82 Å². The molecule has 33 heavy (non-hydrogen) atoms. The summed E-state index contributed by atoms with van der Waals surface area (Å²) < 4.78 is 2.06. The highest BCUT2D eigenvalue weighted by atomic mass is 16.4. The van der Waals surface area contributed by atoms with Gasteiger partial charge in [-0.05, 0) is 43.4 Å². The lowest BCUT2D eigenvalue weighted by Crippen LogP contribution is -2.30. The van der Waals surface area contributed by atoms with Crippen LogP contribution in [0.25, 0.3) is 11.1 Å². The Hall–Kier alpha value is -3.02. The Balaban J connectivity index is 1.58. The number of pyridine rings is 1. The largest absolute Gasteiger partial charge is 0.478 e. The van der Waals surface area contributed by atoms with Gasteiger partial charge in [0, 0.05) is 36.3 Å². The third-order valence-corrected chi connectivity index (χ3v) is 7.02. The van der Waals surface area contributed by atoms with Crippen LogP contribution in [0.3, 0.4) is 0 Å². The predicted octanol–water partition coefficient (Wildman–Crippen LogP) is 6.04. The maximum absolute atomic E-state index is 11.6. The number of aromatic nitrogens is 4. The predicted molar refractivity (Wildman–Crippen MR) is 129 cm³/mol. The van der Waals surface area contributed by atoms with Crippen molar-refractivity contribution < 1.29 is 9.90 Å². The summed E-state index contributed by atoms with van der Waals surface area (Å²) in [5, 5.41) is 14.5. The zero-order valence-electron chi connectivity index (χ0n) is 19.8. The van der Waals surface area contributed by atoms with E-state index in [4.69, 9.17) is 10.1 Å². The van der Waals surface area contributed by atoms with E-state index in [0.29, 0.717) is 12.0 Å². The van der Waals surface area contributed by atoms with E-state index in [-0.39, 0.29) is 11.0 Å². The van der Waals surface area contributed by atoms with Crippen LogP contribution in [-0.2, 0) is 18.4 Å². The van der Waals surface area contributed by atoms with E-state index in [9.17, 15) is 9.90 Å². The number of carboxylic acids is 1. The smallest absolute Gasteiger partial charge is 0.336 e. The first kappa shape index (κ1) is 23.1. The van der Waals surface area contributed by atoms with Gasteiger partial charge in [0.1, 0.15) is 5.82 Å². The van der Waals surface area contributed by atoms with Gasteiger partial charge in [-0.15, -0.1) is 0 Å². The summed E-state index contributed by atoms with van der Waals surface area (Å²) in [4.78, 5) is 20.8. The molecule has 1 saturated carbocycles. The Kier molecular flexibility index (Phi) is 7.21. The molecule has 6 heteroatoms. The zero-order chi connectivity index (χ0) is 23.3. The Morgan fingerprint density at radius 3 is 2.52 bits per heavy atom. The summed E-state index contributed by atoms with van der Waals surface area (Å²) in [6.45, 7) is 5.19. The summed E-state index contributed by atoms with van der Waals surface area (Å²) in [5.74, 6) is 1.11. The molecular weight excluding hydrogens is 412 g/mol. The van der Waals surface area contributed by atoms with Crippen molar-refractivity contribution in [2.24, 2.45) is 0 Å². The van der Waals surface area contributed by atoms with Crippen LogP contribution in [0, 0.1) is 0 Å². The van der Waals surface area contributed by atoms with Gasteiger partial charge in [-0.25, -0.2) is 14.5 Å². The molecule has 0 amide bonds. The summed E-state index contributed by atoms with van der Waals surface area (Å²) in [6.07, 6.45) is 13.7. The molecule has 0 unspecified atom stereocenters. The second-order valence-corrected chi connectivity index (χ2v) is 9.21. The van der Waals surface area contributed by atoms with Crippen LogP contribution in [0.5, 0.6) is 0 Å². The molecule has 0 saturated heterocycles. The lowest BCUT2D eigenvalue weighted by atomic mass is 9.70. The molecule has 2 heterocycles. The van der Waals surface area contributed by atoms with Crippen LogP contribution < -0.4 is 0 Å². The Morgan fingerprint density at radius 1 is 1.09 bits per heavy atom. The van der Waals surface area contributed by atoms with Gasteiger partial charge in [-0.2, -0.15) is 5.10 Å². The first-order valence-electron chi connectivity index (χ1n) is 12.3. The van der Waals surface area contributed by atoms with Crippen molar-refractivity contribution in [3.8, 4) is 11.1 Å². The lowest BCUT2D eigenvalue weighted by Gasteiger charge is -2.35. The minimum absolute atomic E-state index is 0.140. The van der Waals surface area contributed by atoms with Gasteiger partial charge in [-0.1, -0.05) is 63.3 Å². The van der Waals surface area contributed by atoms with Gasteiger partial charge in [0.05, 0.1) is 5.56 Å². The van der Waals surface area contributed by atoms with E-state index < -0.39 is 5.97 Å². The number of carboxylic acid groups (broad SMARTS) is 1. The third-order valence-electron chi connectivity index (χ3n) is 7.02. The number of aryl methyl sites for hydroxylation is 1. The third kappa shape index (κ3) is 5.00. The second kappa shape index (κ2) is 10.3. The Labute approximate surface area is 196 Å². The van der Waals surface area contributed by atoms with Crippen molar-refractivity contribution in [1.82, 2.24) is 19.7 Å². The van der Waals surface area contributed by atoms with Gasteiger partial charge >= 0.3 is 5.97 Å². The number of nitrogens with zero attached hydrogens (tertiary/aromatic N) is 4. The topological polar surface area (TPSA) is 80.9 Å². The molecule has 1 fully saturated rings. The Bertz CT molecular complexity index is 1080. The molecule has 1 N–H and O–H groups in total. The van der Waals surface area contributed by atoms with Gasteiger partial charge in [0.25, 0.3) is 0 Å². The number of rotatable bonds is 9. The number of benzene rings is 1. The molecule has 4 rings (SSSR count). The van der Waals surface area contributed by atoms with Crippen molar-refractivity contribution in [3.05, 3.63) is 65.5 Å². The van der Waals surface area contributed by atoms with Crippen LogP contribution in [0.2, 0.25) is 0 Å². The maximum atomic E-state index is 11.6. The molecule has 1 aromatic carbocycles. The quantitative estimate of drug-likeness (QED) is 0.433. The van der Waals surface area contributed by atoms with E-state index in [1.165, 1.54) is 63.6 Å². The minimum atomic E-state index is -0.945. The summed E-state index contributed by atoms with van der Waals surface area (Å²) in [5.41, 5.74) is 3.02. The SMILES string of the molecule is CCCCC1(c2nc(Cc3ccc(-c4cnccc4C(=O)O)cc3)n(CC)n2)CCCCC1. The van der Waals surface area contributed by atoms with E-state index in [0.717, 1.165) is 29.3 Å². The number of carbonyl (C=O) groups is 1. The van der Waals surface area contributed by atoms with Crippen LogP contribution in [0.1, 0.15) is 92.8 Å². The number of hydrogen-bond acceptors (Lipinski definition) is 4. The molecule has 0 spiro atoms. The van der Waals surface area contributed by atoms with Crippen molar-refractivity contribution in [3.63, 3.8) is 0 Å². The lowest BCUT2D eigenvalue weighted by molar-refractivity contribution is 0.0697. The van der Waals surface area contributed by atoms with Gasteiger partial charge in [0.2, 0.25) is 0 Å². The fourth-order valence-electron chi connectivity index (χ4n) is 5.11. The van der Waals surface area contributed by atoms with E-state index >= 15 is 0 Å². The number of aromatic carboxylic acids is 1. The minimum Gasteiger partial charge on any atom is -0.478 e. The van der Waals surface area contributed by atoms with Crippen LogP contribution in [0.4, 0.5) is 0 Å². The standard InChI is InChI=1S/C27H34N4O2/c1-3-5-14-27(15-7-6-8-16-27)26-29-24(31(4-2)30-26)18-20-9-11-21(12-10-20)23-19-28-17-13-22(23)25(32)33/h9-13,17,19H,3-8,14-16,18H2,1-2H3,(H,32,33). The van der Waals surface area contributed by atoms with Crippen molar-refractivity contribution >= 4 is 5.97 Å². The van der Waals surface area contributed by atoms with Crippen LogP contribution in [-0.4, -0.2) is 30.8 Å². The molecule has 3 aromatic rings. The number of hydrogen-bond donors (Lipinski definition) is 1. The fraction of sp³-hybridized carbons (Fsp3) is 0.481. The summed E-state index contributed by atoms with van der Waals surface area (Å²) in [6, 6.07) is 9.58. The first-order valence-corrected chi connectivity index (χ1v) is 12.3. The normalized spacial score (nSPS) is 15.5. The van der Waals surface area contributed by atoms with E-state index in [2.05, 4.69) is 35.6 Å². The van der Waals surface area contributed by atoms with Crippen LogP contribution >= 0.6 is 0 Å². The number of unbranched alkanes of at least 4 members (excludes halogenated alkanes) is 1. The molecule has 1 aliphatic rings. The van der Waals surface area contributed by atoms with Crippen molar-refractivity contribution in [2.75, 3.05) is 0 Å². The highest BCUT2D eigenvalue weighted by molar-refractivity contribution is 5.95. The van der Waals surface area contributed by atoms with E-state index in [1.54, 1.807) is 6.20 Å². The highest BCUT2D eigenvalue weighted by Gasteiger charge is 2.37. The molecular formula is C27H34N4O2. The average molecular weight is 447 g/mol. The van der Waals surface area contributed by atoms with Crippen LogP contribution in [0.15, 0.2) is 42.7 Å². The van der Waals surface area contributed by atoms with Crippen molar-refractivity contribution in [2.45, 2.75) is 83.6 Å². The van der Waals surface area contributed by atoms with E-state index in [1.807, 2.05) is 12.1 Å². The Morgan fingerprint density at radius 2 is 1.85 bits per heavy atom. The summed E-state index contributed by atoms with van der Waals surface area (Å²) in [7, 11) is 0. The molecule has 1 aliphatic carbocycles. The molecule has 0 atom stereocenters. The molecule has 0 bridgehead atoms. The highest BCUT2D eigenvalue weighted by Crippen LogP contribution is 2.42. The second-order valence-electron chi connectivity index (χ2n) is 9.21. The first-order chi connectivity index (χ1) is 16.1. The average Bonchev–Trinajstić information content (AvgIpc) is 3.27. The molecule has 6 nitrogen and oxygen atoms in total. The van der Waals surface area contributed by atoms with Crippen molar-refractivity contribution in [1.29, 1.82) is 0 Å². The maximum Gasteiger partial charge on any atom is 0.336 e. The molecule has 0 aliphatic heterocycles. The fourth-order valence-corrected chi connectivity index (χ4v) is 5.11. The molecule has 174 valence electrons. The van der Waals surface area contributed by atoms with Gasteiger partial charge in [-0.3, -0.25) is 4.98 Å². The zero-order valence-corrected chi connectivity index (χ0v) is 19.8. The van der Waals surface area contributed by atoms with Gasteiger partial charge < -0.3 is 5.11 Å². The molecule has 0 radical (unpaired) electrons. The summed E-state index contributed by atoms with van der Waals surface area (Å²) >= 11 is 0. The molecule has 2 aromatic heterocycles. The monoisotopic (exact) mass is 446 g/mol.